The summed E-state index contributed by atoms with van der Waals surface area (Å²) in [6, 6.07) is 41.4. The van der Waals surface area contributed by atoms with Gasteiger partial charge in [0.1, 0.15) is 5.82 Å². The van der Waals surface area contributed by atoms with Gasteiger partial charge >= 0.3 is 0 Å². The van der Waals surface area contributed by atoms with Crippen LogP contribution in [0.4, 0.5) is 17.1 Å². The van der Waals surface area contributed by atoms with Crippen molar-refractivity contribution in [3.05, 3.63) is 150 Å². The van der Waals surface area contributed by atoms with Crippen LogP contribution in [0.3, 0.4) is 0 Å². The van der Waals surface area contributed by atoms with E-state index in [-0.39, 0.29) is 0 Å². The number of hydroxylamine groups is 1. The standard InChI is InChI=1S/C41H36N4O/c1-27-12-10-13-28(2)40(27)29-22-23-42-39(24-29)44-35-17-7-6-16-33(35)34-21-20-31(26-38(34)44)41(3,4)30-14-11-15-32(25-30)45-37-19-9-8-18-36(37)43(5)46-45/h6-26H,1-5H3/i5D3. The zero-order valence-electron chi connectivity index (χ0n) is 29.3. The zero-order chi connectivity index (χ0) is 34.1. The topological polar surface area (TPSA) is 33.5 Å². The van der Waals surface area contributed by atoms with Crippen molar-refractivity contribution >= 4 is 38.9 Å². The highest BCUT2D eigenvalue weighted by atomic mass is 16.8. The van der Waals surface area contributed by atoms with Crippen molar-refractivity contribution in [2.75, 3.05) is 17.1 Å². The molecule has 1 aliphatic heterocycles. The minimum absolute atomic E-state index is 0.415. The van der Waals surface area contributed by atoms with Gasteiger partial charge in [-0.05, 0) is 95.8 Å². The summed E-state index contributed by atoms with van der Waals surface area (Å²) in [4.78, 5) is 10.9. The Kier molecular flexibility index (Phi) is 5.74. The number of fused-ring (bicyclic) bond motifs is 4. The van der Waals surface area contributed by atoms with Crippen LogP contribution >= 0.6 is 0 Å². The Bertz CT molecular complexity index is 2370. The Morgan fingerprint density at radius 2 is 1.39 bits per heavy atom. The van der Waals surface area contributed by atoms with Gasteiger partial charge in [0.15, 0.2) is 0 Å². The Morgan fingerprint density at radius 1 is 0.674 bits per heavy atom. The molecule has 0 saturated carbocycles. The second kappa shape index (κ2) is 10.6. The van der Waals surface area contributed by atoms with Crippen molar-refractivity contribution in [2.45, 2.75) is 33.1 Å². The molecule has 2 aromatic heterocycles. The summed E-state index contributed by atoms with van der Waals surface area (Å²) >= 11 is 0. The summed E-state index contributed by atoms with van der Waals surface area (Å²) in [5, 5.41) is 4.93. The quantitative estimate of drug-likeness (QED) is 0.196. The molecule has 0 saturated heterocycles. The molecule has 0 amide bonds. The number of rotatable bonds is 5. The third-order valence-corrected chi connectivity index (χ3v) is 9.42. The van der Waals surface area contributed by atoms with E-state index in [2.05, 4.69) is 117 Å². The summed E-state index contributed by atoms with van der Waals surface area (Å²) < 4.78 is 26.4. The molecule has 5 aromatic carbocycles. The Hall–Kier alpha value is -5.39. The summed E-state index contributed by atoms with van der Waals surface area (Å²) in [6.07, 6.45) is 1.91. The van der Waals surface area contributed by atoms with Crippen LogP contribution < -0.4 is 10.1 Å². The summed E-state index contributed by atoms with van der Waals surface area (Å²) in [6.45, 7) is 6.29. The lowest BCUT2D eigenvalue weighted by Crippen LogP contribution is -2.22. The van der Waals surface area contributed by atoms with Gasteiger partial charge in [-0.3, -0.25) is 4.57 Å². The molecule has 46 heavy (non-hydrogen) atoms. The van der Waals surface area contributed by atoms with Gasteiger partial charge in [0.25, 0.3) is 0 Å². The summed E-state index contributed by atoms with van der Waals surface area (Å²) in [5.41, 5.74) is 10.7. The van der Waals surface area contributed by atoms with Crippen LogP contribution in [0, 0.1) is 13.8 Å². The van der Waals surface area contributed by atoms with Crippen LogP contribution in [0.1, 0.15) is 40.2 Å². The van der Waals surface area contributed by atoms with Gasteiger partial charge < -0.3 is 0 Å². The predicted molar refractivity (Wildman–Crippen MR) is 190 cm³/mol. The first-order valence-electron chi connectivity index (χ1n) is 17.1. The second-order valence-electron chi connectivity index (χ2n) is 12.6. The van der Waals surface area contributed by atoms with Crippen molar-refractivity contribution in [3.8, 4) is 16.9 Å². The largest absolute Gasteiger partial charge is 0.294 e. The fraction of sp³-hybridized carbons (Fsp3) is 0.146. The third kappa shape index (κ3) is 4.38. The predicted octanol–water partition coefficient (Wildman–Crippen LogP) is 10.2. The molecule has 8 rings (SSSR count). The van der Waals surface area contributed by atoms with E-state index in [0.717, 1.165) is 49.7 Å². The van der Waals surface area contributed by atoms with Crippen molar-refractivity contribution in [1.29, 1.82) is 0 Å². The number of aryl methyl sites for hydroxylation is 2. The molecular weight excluding hydrogens is 564 g/mol. The van der Waals surface area contributed by atoms with Crippen LogP contribution in [0.25, 0.3) is 38.8 Å². The SMILES string of the molecule is [2H]C([2H])([2H])N1ON(c2cccc(C(C)(C)c3ccc4c5ccccc5n(-c5cc(-c6c(C)cccc6C)ccn5)c4c3)c2)c2ccccc21. The maximum Gasteiger partial charge on any atom is 0.138 e. The number of benzene rings is 5. The maximum atomic E-state index is 8.03. The van der Waals surface area contributed by atoms with Crippen molar-refractivity contribution in [3.63, 3.8) is 0 Å². The molecule has 0 unspecified atom stereocenters. The van der Waals surface area contributed by atoms with Gasteiger partial charge in [-0.25, -0.2) is 10.0 Å². The first-order valence-corrected chi connectivity index (χ1v) is 15.6. The fourth-order valence-corrected chi connectivity index (χ4v) is 6.92. The van der Waals surface area contributed by atoms with Crippen LogP contribution in [0.2, 0.25) is 0 Å². The number of para-hydroxylation sites is 3. The van der Waals surface area contributed by atoms with E-state index in [0.29, 0.717) is 11.4 Å². The van der Waals surface area contributed by atoms with Crippen LogP contribution in [0.15, 0.2) is 128 Å². The summed E-state index contributed by atoms with van der Waals surface area (Å²) in [7, 11) is 0. The van der Waals surface area contributed by atoms with Crippen molar-refractivity contribution in [2.24, 2.45) is 0 Å². The molecule has 0 fully saturated rings. The van der Waals surface area contributed by atoms with E-state index in [9.17, 15) is 0 Å². The van der Waals surface area contributed by atoms with Gasteiger partial charge in [0.05, 0.1) is 28.1 Å². The van der Waals surface area contributed by atoms with Crippen LogP contribution in [-0.4, -0.2) is 16.5 Å². The first-order chi connectivity index (χ1) is 23.5. The number of aromatic nitrogens is 2. The van der Waals surface area contributed by atoms with E-state index in [1.54, 1.807) is 11.1 Å². The lowest BCUT2D eigenvalue weighted by atomic mass is 9.77. The zero-order valence-corrected chi connectivity index (χ0v) is 26.3. The monoisotopic (exact) mass is 603 g/mol. The molecule has 0 bridgehead atoms. The highest BCUT2D eigenvalue weighted by molar-refractivity contribution is 6.09. The molecule has 0 aliphatic carbocycles. The van der Waals surface area contributed by atoms with Crippen LogP contribution in [-0.2, 0) is 10.4 Å². The molecular formula is C41H36N4O. The first kappa shape index (κ1) is 24.9. The molecule has 226 valence electrons. The molecule has 0 N–H and O–H groups in total. The molecule has 0 atom stereocenters. The molecule has 0 spiro atoms. The van der Waals surface area contributed by atoms with Gasteiger partial charge in [-0.2, -0.15) is 5.06 Å². The van der Waals surface area contributed by atoms with E-state index >= 15 is 0 Å². The van der Waals surface area contributed by atoms with Gasteiger partial charge in [-0.1, -0.05) is 86.6 Å². The van der Waals surface area contributed by atoms with E-state index in [1.165, 1.54) is 22.1 Å². The molecule has 1 aliphatic rings. The molecule has 0 radical (unpaired) electrons. The molecule has 3 heterocycles. The average molecular weight is 604 g/mol. The highest BCUT2D eigenvalue weighted by Crippen LogP contribution is 2.43. The van der Waals surface area contributed by atoms with E-state index in [1.807, 2.05) is 36.5 Å². The lowest BCUT2D eigenvalue weighted by molar-refractivity contribution is 0.142. The number of anilines is 3. The Balaban J connectivity index is 1.24. The number of hydrogen-bond acceptors (Lipinski definition) is 4. The summed E-state index contributed by atoms with van der Waals surface area (Å²) in [5.74, 6) is 0.868. The average Bonchev–Trinajstić information content (AvgIpc) is 3.65. The van der Waals surface area contributed by atoms with E-state index in [4.69, 9.17) is 14.0 Å². The van der Waals surface area contributed by atoms with Crippen molar-refractivity contribution < 1.29 is 9.05 Å². The molecule has 5 nitrogen and oxygen atoms in total. The van der Waals surface area contributed by atoms with Gasteiger partial charge in [-0.15, -0.1) is 4.94 Å². The van der Waals surface area contributed by atoms with Crippen molar-refractivity contribution in [1.82, 2.24) is 9.55 Å². The third-order valence-electron chi connectivity index (χ3n) is 9.42. The minimum Gasteiger partial charge on any atom is -0.294 e. The minimum atomic E-state index is -2.46. The molecule has 7 aromatic rings. The van der Waals surface area contributed by atoms with Crippen LogP contribution in [0.5, 0.6) is 0 Å². The van der Waals surface area contributed by atoms with E-state index < -0.39 is 12.4 Å². The smallest absolute Gasteiger partial charge is 0.138 e. The number of pyridine rings is 1. The normalized spacial score (nSPS) is 14.4. The van der Waals surface area contributed by atoms with Gasteiger partial charge in [0, 0.05) is 33.5 Å². The molecule has 5 heteroatoms. The maximum absolute atomic E-state index is 8.03. The number of hydrogen-bond donors (Lipinski definition) is 0. The lowest BCUT2D eigenvalue weighted by Gasteiger charge is -2.28. The highest BCUT2D eigenvalue weighted by Gasteiger charge is 2.29. The Labute approximate surface area is 274 Å². The second-order valence-corrected chi connectivity index (χ2v) is 12.6. The number of nitrogens with zero attached hydrogens (tertiary/aromatic N) is 4. The Morgan fingerprint density at radius 3 is 2.22 bits per heavy atom. The van der Waals surface area contributed by atoms with Gasteiger partial charge in [0.2, 0.25) is 0 Å². The fourth-order valence-electron chi connectivity index (χ4n) is 6.92.